The summed E-state index contributed by atoms with van der Waals surface area (Å²) in [6.07, 6.45) is 3.28. The monoisotopic (exact) mass is 257 g/mol. The second-order valence-corrected chi connectivity index (χ2v) is 4.32. The Morgan fingerprint density at radius 2 is 2.21 bits per heavy atom. The van der Waals surface area contributed by atoms with Crippen molar-refractivity contribution in [1.29, 1.82) is 0 Å². The Balaban J connectivity index is 1.76. The lowest BCUT2D eigenvalue weighted by Crippen LogP contribution is -2.33. The summed E-state index contributed by atoms with van der Waals surface area (Å²) in [7, 11) is 0. The molecule has 1 aliphatic heterocycles. The number of aromatic nitrogens is 2. The summed E-state index contributed by atoms with van der Waals surface area (Å²) >= 11 is 0. The van der Waals surface area contributed by atoms with Gasteiger partial charge in [0.15, 0.2) is 0 Å². The van der Waals surface area contributed by atoms with E-state index in [0.29, 0.717) is 5.75 Å². The second kappa shape index (κ2) is 5.77. The first-order valence-electron chi connectivity index (χ1n) is 6.29. The van der Waals surface area contributed by atoms with Crippen molar-refractivity contribution in [1.82, 2.24) is 15.5 Å². The summed E-state index contributed by atoms with van der Waals surface area (Å²) in [5, 5.41) is 10.8. The highest BCUT2D eigenvalue weighted by Crippen LogP contribution is 2.25. The minimum Gasteiger partial charge on any atom is -0.456 e. The standard InChI is InChI=1S/C14H15N3O2/c1-2-11(14-10-15-6-7-18-14)8-12(3-1)19-13-4-5-16-17-9-13/h1-5,8-9,14-15H,6-7,10H2/t14-/m0/s1. The van der Waals surface area contributed by atoms with Crippen LogP contribution in [0.5, 0.6) is 11.5 Å². The van der Waals surface area contributed by atoms with Crippen LogP contribution in [-0.2, 0) is 4.74 Å². The highest BCUT2D eigenvalue weighted by Gasteiger charge is 2.15. The van der Waals surface area contributed by atoms with Crippen LogP contribution in [0.25, 0.3) is 0 Å². The molecular weight excluding hydrogens is 242 g/mol. The lowest BCUT2D eigenvalue weighted by molar-refractivity contribution is 0.0276. The Kier molecular flexibility index (Phi) is 3.67. The summed E-state index contributed by atoms with van der Waals surface area (Å²) in [6, 6.07) is 9.71. The largest absolute Gasteiger partial charge is 0.456 e. The summed E-state index contributed by atoms with van der Waals surface area (Å²) in [6.45, 7) is 2.49. The van der Waals surface area contributed by atoms with Gasteiger partial charge in [0.1, 0.15) is 11.5 Å². The van der Waals surface area contributed by atoms with Crippen LogP contribution in [0.2, 0.25) is 0 Å². The molecule has 0 radical (unpaired) electrons. The molecule has 2 heterocycles. The molecule has 0 aliphatic carbocycles. The molecule has 0 saturated carbocycles. The molecule has 1 fully saturated rings. The van der Waals surface area contributed by atoms with Gasteiger partial charge >= 0.3 is 0 Å². The van der Waals surface area contributed by atoms with Gasteiger partial charge in [0.25, 0.3) is 0 Å². The number of benzene rings is 1. The molecule has 19 heavy (non-hydrogen) atoms. The van der Waals surface area contributed by atoms with E-state index in [-0.39, 0.29) is 6.10 Å². The normalized spacial score (nSPS) is 19.1. The molecule has 1 aromatic heterocycles. The van der Waals surface area contributed by atoms with Gasteiger partial charge in [-0.3, -0.25) is 0 Å². The van der Waals surface area contributed by atoms with Crippen molar-refractivity contribution in [2.75, 3.05) is 19.7 Å². The van der Waals surface area contributed by atoms with Gasteiger partial charge in [-0.1, -0.05) is 12.1 Å². The van der Waals surface area contributed by atoms with Crippen molar-refractivity contribution in [3.8, 4) is 11.5 Å². The van der Waals surface area contributed by atoms with Gasteiger partial charge in [-0.25, -0.2) is 0 Å². The number of hydrogen-bond donors (Lipinski definition) is 1. The highest BCUT2D eigenvalue weighted by molar-refractivity contribution is 5.33. The third-order valence-electron chi connectivity index (χ3n) is 2.95. The smallest absolute Gasteiger partial charge is 0.149 e. The Morgan fingerprint density at radius 1 is 1.21 bits per heavy atom. The molecule has 2 aromatic rings. The molecule has 5 nitrogen and oxygen atoms in total. The zero-order valence-corrected chi connectivity index (χ0v) is 10.5. The van der Waals surface area contributed by atoms with Crippen LogP contribution < -0.4 is 10.1 Å². The first kappa shape index (κ1) is 12.1. The van der Waals surface area contributed by atoms with Crippen LogP contribution in [-0.4, -0.2) is 29.9 Å². The van der Waals surface area contributed by atoms with Crippen molar-refractivity contribution in [2.24, 2.45) is 0 Å². The van der Waals surface area contributed by atoms with E-state index < -0.39 is 0 Å². The van der Waals surface area contributed by atoms with Gasteiger partial charge in [0.2, 0.25) is 0 Å². The van der Waals surface area contributed by atoms with Gasteiger partial charge in [0, 0.05) is 19.2 Å². The van der Waals surface area contributed by atoms with Gasteiger partial charge in [-0.15, -0.1) is 0 Å². The quantitative estimate of drug-likeness (QED) is 0.910. The summed E-state index contributed by atoms with van der Waals surface area (Å²) < 4.78 is 11.5. The Hall–Kier alpha value is -1.98. The van der Waals surface area contributed by atoms with Crippen molar-refractivity contribution in [3.63, 3.8) is 0 Å². The zero-order chi connectivity index (χ0) is 12.9. The van der Waals surface area contributed by atoms with Gasteiger partial charge < -0.3 is 14.8 Å². The molecule has 0 amide bonds. The van der Waals surface area contributed by atoms with E-state index in [9.17, 15) is 0 Å². The Bertz CT molecular complexity index is 527. The van der Waals surface area contributed by atoms with Crippen LogP contribution in [0.15, 0.2) is 42.7 Å². The predicted molar refractivity (Wildman–Crippen MR) is 70.1 cm³/mol. The molecule has 98 valence electrons. The minimum atomic E-state index is 0.0906. The van der Waals surface area contributed by atoms with E-state index >= 15 is 0 Å². The molecule has 0 bridgehead atoms. The lowest BCUT2D eigenvalue weighted by Gasteiger charge is -2.24. The molecule has 1 aromatic carbocycles. The average molecular weight is 257 g/mol. The van der Waals surface area contributed by atoms with Crippen LogP contribution in [0, 0.1) is 0 Å². The van der Waals surface area contributed by atoms with E-state index in [1.807, 2.05) is 18.2 Å². The number of rotatable bonds is 3. The molecule has 1 N–H and O–H groups in total. The molecule has 1 atom stereocenters. The number of hydrogen-bond acceptors (Lipinski definition) is 5. The molecule has 1 saturated heterocycles. The van der Waals surface area contributed by atoms with E-state index in [1.165, 1.54) is 0 Å². The second-order valence-electron chi connectivity index (χ2n) is 4.32. The molecular formula is C14H15N3O2. The number of ether oxygens (including phenoxy) is 2. The predicted octanol–water partition coefficient (Wildman–Crippen LogP) is 1.93. The third kappa shape index (κ3) is 3.07. The summed E-state index contributed by atoms with van der Waals surface area (Å²) in [5.41, 5.74) is 1.12. The van der Waals surface area contributed by atoms with Crippen LogP contribution in [0.3, 0.4) is 0 Å². The molecule has 1 aliphatic rings. The number of nitrogens with one attached hydrogen (secondary N) is 1. The van der Waals surface area contributed by atoms with Crippen LogP contribution in [0.4, 0.5) is 0 Å². The van der Waals surface area contributed by atoms with Crippen molar-refractivity contribution < 1.29 is 9.47 Å². The van der Waals surface area contributed by atoms with E-state index in [2.05, 4.69) is 21.6 Å². The Labute approximate surface area is 111 Å². The summed E-state index contributed by atoms with van der Waals surface area (Å²) in [4.78, 5) is 0. The van der Waals surface area contributed by atoms with Crippen molar-refractivity contribution in [3.05, 3.63) is 48.3 Å². The van der Waals surface area contributed by atoms with Gasteiger partial charge in [-0.05, 0) is 17.7 Å². The lowest BCUT2D eigenvalue weighted by atomic mass is 10.1. The Morgan fingerprint density at radius 3 is 3.00 bits per heavy atom. The maximum atomic E-state index is 5.73. The average Bonchev–Trinajstić information content (AvgIpc) is 2.49. The molecule has 0 unspecified atom stereocenters. The topological polar surface area (TPSA) is 56.3 Å². The third-order valence-corrected chi connectivity index (χ3v) is 2.95. The van der Waals surface area contributed by atoms with Crippen molar-refractivity contribution >= 4 is 0 Å². The van der Waals surface area contributed by atoms with Gasteiger partial charge in [-0.2, -0.15) is 10.2 Å². The maximum Gasteiger partial charge on any atom is 0.149 e. The fraction of sp³-hybridized carbons (Fsp3) is 0.286. The zero-order valence-electron chi connectivity index (χ0n) is 10.5. The SMILES string of the molecule is c1cc(Oc2ccnnc2)cc([C@@H]2CNCCO2)c1. The first-order valence-corrected chi connectivity index (χ1v) is 6.29. The van der Waals surface area contributed by atoms with E-state index in [0.717, 1.165) is 31.0 Å². The highest BCUT2D eigenvalue weighted by atomic mass is 16.5. The number of morpholine rings is 1. The first-order chi connectivity index (χ1) is 9.42. The van der Waals surface area contributed by atoms with Crippen LogP contribution in [0.1, 0.15) is 11.7 Å². The van der Waals surface area contributed by atoms with Crippen LogP contribution >= 0.6 is 0 Å². The molecule has 0 spiro atoms. The van der Waals surface area contributed by atoms with E-state index in [4.69, 9.17) is 9.47 Å². The molecule has 5 heteroatoms. The fourth-order valence-corrected chi connectivity index (χ4v) is 2.03. The minimum absolute atomic E-state index is 0.0906. The summed E-state index contributed by atoms with van der Waals surface area (Å²) in [5.74, 6) is 1.45. The van der Waals surface area contributed by atoms with Crippen molar-refractivity contribution in [2.45, 2.75) is 6.10 Å². The molecule has 3 rings (SSSR count). The fourth-order valence-electron chi connectivity index (χ4n) is 2.03. The number of nitrogens with zero attached hydrogens (tertiary/aromatic N) is 2. The maximum absolute atomic E-state index is 5.73. The van der Waals surface area contributed by atoms with Gasteiger partial charge in [0.05, 0.1) is 25.1 Å². The van der Waals surface area contributed by atoms with E-state index in [1.54, 1.807) is 18.5 Å².